The Morgan fingerprint density at radius 3 is 2.54 bits per heavy atom. The van der Waals surface area contributed by atoms with Gasteiger partial charge < -0.3 is 15.0 Å². The van der Waals surface area contributed by atoms with Gasteiger partial charge >= 0.3 is 5.97 Å². The Balaban J connectivity index is 1.88. The van der Waals surface area contributed by atoms with Gasteiger partial charge in [0.2, 0.25) is 0 Å². The van der Waals surface area contributed by atoms with E-state index >= 15 is 0 Å². The smallest absolute Gasteiger partial charge is 0.337 e. The van der Waals surface area contributed by atoms with Gasteiger partial charge in [0.25, 0.3) is 0 Å². The summed E-state index contributed by atoms with van der Waals surface area (Å²) in [6.07, 6.45) is 6.05. The van der Waals surface area contributed by atoms with Gasteiger partial charge in [-0.1, -0.05) is 37.5 Å². The number of benzene rings is 1. The van der Waals surface area contributed by atoms with Crippen LogP contribution in [0.1, 0.15) is 65.0 Å². The van der Waals surface area contributed by atoms with E-state index in [0.29, 0.717) is 36.0 Å². The summed E-state index contributed by atoms with van der Waals surface area (Å²) in [6.45, 7) is 4.62. The van der Waals surface area contributed by atoms with E-state index in [1.807, 2.05) is 11.5 Å². The predicted molar refractivity (Wildman–Crippen MR) is 100 cm³/mol. The van der Waals surface area contributed by atoms with Crippen molar-refractivity contribution >= 4 is 5.97 Å². The van der Waals surface area contributed by atoms with Crippen LogP contribution in [0, 0.1) is 19.7 Å². The molecule has 140 valence electrons. The minimum Gasteiger partial charge on any atom is -0.478 e. The molecule has 0 radical (unpaired) electrons. The molecule has 1 heterocycles. The molecule has 1 aromatic heterocycles. The summed E-state index contributed by atoms with van der Waals surface area (Å²) in [5, 5.41) is 13.3. The first-order valence-electron chi connectivity index (χ1n) is 9.37. The van der Waals surface area contributed by atoms with Gasteiger partial charge in [0.05, 0.1) is 12.1 Å². The molecule has 0 amide bonds. The lowest BCUT2D eigenvalue weighted by molar-refractivity contribution is 0.0694. The molecule has 0 saturated heterocycles. The first-order chi connectivity index (χ1) is 12.5. The van der Waals surface area contributed by atoms with Crippen molar-refractivity contribution in [3.63, 3.8) is 0 Å². The monoisotopic (exact) mass is 358 g/mol. The number of carboxylic acid groups (broad SMARTS) is 1. The molecule has 1 aliphatic carbocycles. The Morgan fingerprint density at radius 2 is 1.88 bits per heavy atom. The molecule has 3 rings (SSSR count). The van der Waals surface area contributed by atoms with Crippen LogP contribution >= 0.6 is 0 Å². The van der Waals surface area contributed by atoms with Crippen LogP contribution < -0.4 is 5.32 Å². The zero-order valence-electron chi connectivity index (χ0n) is 15.5. The Hall–Kier alpha value is -2.14. The van der Waals surface area contributed by atoms with Gasteiger partial charge in [-0.15, -0.1) is 0 Å². The lowest BCUT2D eigenvalue weighted by atomic mass is 9.95. The zero-order valence-corrected chi connectivity index (χ0v) is 15.5. The Bertz CT molecular complexity index is 792. The van der Waals surface area contributed by atoms with E-state index in [9.17, 15) is 14.3 Å². The summed E-state index contributed by atoms with van der Waals surface area (Å²) in [5.41, 5.74) is 3.31. The first kappa shape index (κ1) is 18.6. The topological polar surface area (TPSA) is 54.3 Å². The maximum absolute atomic E-state index is 14.1. The quantitative estimate of drug-likeness (QED) is 0.804. The summed E-state index contributed by atoms with van der Waals surface area (Å²) < 4.78 is 16.0. The molecule has 26 heavy (non-hydrogen) atoms. The van der Waals surface area contributed by atoms with Gasteiger partial charge in [-0.3, -0.25) is 0 Å². The average molecular weight is 358 g/mol. The number of carboxylic acids is 1. The van der Waals surface area contributed by atoms with Crippen LogP contribution in [-0.2, 0) is 13.1 Å². The van der Waals surface area contributed by atoms with E-state index in [1.54, 1.807) is 25.1 Å². The number of carbonyl (C=O) groups is 1. The van der Waals surface area contributed by atoms with Crippen molar-refractivity contribution in [2.24, 2.45) is 0 Å². The first-order valence-corrected chi connectivity index (χ1v) is 9.37. The second kappa shape index (κ2) is 8.04. The predicted octanol–water partition coefficient (Wildman–Crippen LogP) is 4.41. The molecule has 1 aromatic carbocycles. The SMILES string of the molecule is Cc1c(CNC2CCCCC2)c(C(=O)O)c(C)n1Cc1ccccc1F. The normalized spacial score (nSPS) is 15.3. The maximum Gasteiger partial charge on any atom is 0.337 e. The molecule has 0 spiro atoms. The van der Waals surface area contributed by atoms with E-state index in [1.165, 1.54) is 25.3 Å². The van der Waals surface area contributed by atoms with Crippen molar-refractivity contribution in [2.75, 3.05) is 0 Å². The third-order valence-corrected chi connectivity index (χ3v) is 5.58. The minimum absolute atomic E-state index is 0.265. The molecule has 2 aromatic rings. The van der Waals surface area contributed by atoms with E-state index in [0.717, 1.165) is 24.1 Å². The number of hydrogen-bond acceptors (Lipinski definition) is 2. The van der Waals surface area contributed by atoms with Crippen molar-refractivity contribution in [1.82, 2.24) is 9.88 Å². The molecule has 0 aliphatic heterocycles. The molecule has 0 bridgehead atoms. The van der Waals surface area contributed by atoms with E-state index < -0.39 is 5.97 Å². The van der Waals surface area contributed by atoms with Gasteiger partial charge in [-0.05, 0) is 32.8 Å². The van der Waals surface area contributed by atoms with Gasteiger partial charge in [-0.2, -0.15) is 0 Å². The van der Waals surface area contributed by atoms with E-state index in [4.69, 9.17) is 0 Å². The second-order valence-electron chi connectivity index (χ2n) is 7.22. The lowest BCUT2D eigenvalue weighted by Crippen LogP contribution is -2.31. The molecular formula is C21H27FN2O2. The maximum atomic E-state index is 14.1. The minimum atomic E-state index is -0.918. The molecule has 1 aliphatic rings. The molecule has 1 saturated carbocycles. The Kier molecular flexibility index (Phi) is 5.77. The molecule has 4 nitrogen and oxygen atoms in total. The highest BCUT2D eigenvalue weighted by Gasteiger charge is 2.24. The fraction of sp³-hybridized carbons (Fsp3) is 0.476. The fourth-order valence-corrected chi connectivity index (χ4v) is 4.04. The number of nitrogens with one attached hydrogen (secondary N) is 1. The standard InChI is InChI=1S/C21H27FN2O2/c1-14-18(12-23-17-9-4-3-5-10-17)20(21(25)26)15(2)24(14)13-16-8-6-7-11-19(16)22/h6-8,11,17,23H,3-5,9-10,12-13H2,1-2H3,(H,25,26). The molecule has 0 atom stereocenters. The number of aromatic nitrogens is 1. The number of aromatic carboxylic acids is 1. The van der Waals surface area contributed by atoms with Crippen LogP contribution in [0.2, 0.25) is 0 Å². The highest BCUT2D eigenvalue weighted by atomic mass is 19.1. The van der Waals surface area contributed by atoms with Crippen LogP contribution in [0.4, 0.5) is 4.39 Å². The third-order valence-electron chi connectivity index (χ3n) is 5.58. The van der Waals surface area contributed by atoms with E-state index in [-0.39, 0.29) is 5.82 Å². The largest absolute Gasteiger partial charge is 0.478 e. The third kappa shape index (κ3) is 3.83. The van der Waals surface area contributed by atoms with Gasteiger partial charge in [-0.25, -0.2) is 9.18 Å². The highest BCUT2D eigenvalue weighted by Crippen LogP contribution is 2.25. The van der Waals surface area contributed by atoms with Gasteiger partial charge in [0.1, 0.15) is 5.82 Å². The number of rotatable bonds is 6. The Labute approximate surface area is 154 Å². The lowest BCUT2D eigenvalue weighted by Gasteiger charge is -2.23. The molecule has 5 heteroatoms. The van der Waals surface area contributed by atoms with E-state index in [2.05, 4.69) is 5.32 Å². The average Bonchev–Trinajstić information content (AvgIpc) is 2.87. The van der Waals surface area contributed by atoms with Gasteiger partial charge in [0, 0.05) is 35.1 Å². The van der Waals surface area contributed by atoms with Crippen molar-refractivity contribution < 1.29 is 14.3 Å². The summed E-state index contributed by atoms with van der Waals surface area (Å²) in [5.74, 6) is -1.18. The molecule has 2 N–H and O–H groups in total. The second-order valence-corrected chi connectivity index (χ2v) is 7.22. The van der Waals surface area contributed by atoms with Crippen molar-refractivity contribution in [1.29, 1.82) is 0 Å². The van der Waals surface area contributed by atoms with Crippen molar-refractivity contribution in [3.8, 4) is 0 Å². The molecular weight excluding hydrogens is 331 g/mol. The van der Waals surface area contributed by atoms with Crippen LogP contribution in [0.5, 0.6) is 0 Å². The number of halogens is 1. The summed E-state index contributed by atoms with van der Waals surface area (Å²) in [7, 11) is 0. The molecule has 0 unspecified atom stereocenters. The summed E-state index contributed by atoms with van der Waals surface area (Å²) in [4.78, 5) is 11.9. The summed E-state index contributed by atoms with van der Waals surface area (Å²) in [6, 6.07) is 7.11. The highest BCUT2D eigenvalue weighted by molar-refractivity contribution is 5.91. The van der Waals surface area contributed by atoms with Crippen LogP contribution in [0.3, 0.4) is 0 Å². The Morgan fingerprint density at radius 1 is 1.19 bits per heavy atom. The zero-order chi connectivity index (χ0) is 18.7. The van der Waals surface area contributed by atoms with Crippen LogP contribution in [0.25, 0.3) is 0 Å². The van der Waals surface area contributed by atoms with Crippen LogP contribution in [0.15, 0.2) is 24.3 Å². The van der Waals surface area contributed by atoms with Gasteiger partial charge in [0.15, 0.2) is 0 Å². The number of nitrogens with zero attached hydrogens (tertiary/aromatic N) is 1. The molecule has 1 fully saturated rings. The van der Waals surface area contributed by atoms with Crippen molar-refractivity contribution in [3.05, 3.63) is 58.2 Å². The fourth-order valence-electron chi connectivity index (χ4n) is 4.04. The summed E-state index contributed by atoms with van der Waals surface area (Å²) >= 11 is 0. The number of hydrogen-bond donors (Lipinski definition) is 2. The van der Waals surface area contributed by atoms with Crippen LogP contribution in [-0.4, -0.2) is 21.7 Å². The van der Waals surface area contributed by atoms with Crippen molar-refractivity contribution in [2.45, 2.75) is 65.1 Å².